The van der Waals surface area contributed by atoms with E-state index in [1.54, 1.807) is 29.1 Å². The summed E-state index contributed by atoms with van der Waals surface area (Å²) in [6.07, 6.45) is 3.41. The standard InChI is InChI=1S/C21H25N3O5/c1-15(13-17-7-5-4-6-8-17)22-21(27)29-14-24-11-9-18(10-12-24)19(25)23-16(2)20(26)28-3/h4-12,15-16H,13-14H2,1-3H3,(H-,22,23,25,27)/p+1/t15-,16-/m0/s1. The van der Waals surface area contributed by atoms with Crippen molar-refractivity contribution in [2.45, 2.75) is 39.1 Å². The Morgan fingerprint density at radius 2 is 1.66 bits per heavy atom. The van der Waals surface area contributed by atoms with Gasteiger partial charge in [0.25, 0.3) is 12.6 Å². The minimum atomic E-state index is -0.746. The first-order chi connectivity index (χ1) is 13.9. The lowest BCUT2D eigenvalue weighted by Gasteiger charge is -2.13. The number of alkyl carbamates (subject to hydrolysis) is 1. The van der Waals surface area contributed by atoms with Crippen molar-refractivity contribution >= 4 is 18.0 Å². The summed E-state index contributed by atoms with van der Waals surface area (Å²) in [6.45, 7) is 3.45. The molecule has 2 amide bonds. The molecular formula is C21H26N3O5+. The number of aromatic nitrogens is 1. The van der Waals surface area contributed by atoms with Crippen LogP contribution >= 0.6 is 0 Å². The number of carbonyl (C=O) groups is 3. The molecule has 154 valence electrons. The second-order valence-corrected chi connectivity index (χ2v) is 6.62. The fourth-order valence-corrected chi connectivity index (χ4v) is 2.61. The molecule has 8 heteroatoms. The number of esters is 1. The Morgan fingerprint density at radius 3 is 2.28 bits per heavy atom. The topological polar surface area (TPSA) is 97.6 Å². The number of methoxy groups -OCH3 is 1. The molecule has 0 spiro atoms. The maximum atomic E-state index is 12.1. The number of amides is 2. The van der Waals surface area contributed by atoms with Crippen LogP contribution in [0.5, 0.6) is 0 Å². The van der Waals surface area contributed by atoms with Crippen molar-refractivity contribution in [3.05, 3.63) is 66.0 Å². The molecule has 2 rings (SSSR count). The monoisotopic (exact) mass is 400 g/mol. The summed E-state index contributed by atoms with van der Waals surface area (Å²) in [7, 11) is 1.26. The Morgan fingerprint density at radius 1 is 1.00 bits per heavy atom. The smallest absolute Gasteiger partial charge is 0.412 e. The lowest BCUT2D eigenvalue weighted by atomic mass is 10.1. The van der Waals surface area contributed by atoms with Crippen LogP contribution < -0.4 is 15.2 Å². The van der Waals surface area contributed by atoms with Crippen LogP contribution in [-0.2, 0) is 27.4 Å². The van der Waals surface area contributed by atoms with E-state index in [9.17, 15) is 14.4 Å². The van der Waals surface area contributed by atoms with Crippen molar-refractivity contribution < 1.29 is 28.4 Å². The lowest BCUT2D eigenvalue weighted by Crippen LogP contribution is -2.41. The third kappa shape index (κ3) is 7.25. The zero-order valence-electron chi connectivity index (χ0n) is 16.8. The van der Waals surface area contributed by atoms with E-state index in [0.717, 1.165) is 5.56 Å². The third-order valence-corrected chi connectivity index (χ3v) is 4.15. The highest BCUT2D eigenvalue weighted by Crippen LogP contribution is 2.03. The Kier molecular flexibility index (Phi) is 8.14. The fourth-order valence-electron chi connectivity index (χ4n) is 2.61. The molecule has 1 aromatic heterocycles. The number of nitrogens with one attached hydrogen (secondary N) is 2. The SMILES string of the molecule is COC(=O)[C@H](C)NC(=O)c1cc[n+](COC(=O)N[C@@H](C)Cc2ccccc2)cc1. The van der Waals surface area contributed by atoms with E-state index in [1.807, 2.05) is 37.3 Å². The normalized spacial score (nSPS) is 12.4. The van der Waals surface area contributed by atoms with Crippen LogP contribution in [0.3, 0.4) is 0 Å². The average Bonchev–Trinajstić information content (AvgIpc) is 2.72. The summed E-state index contributed by atoms with van der Waals surface area (Å²) in [5.41, 5.74) is 1.50. The van der Waals surface area contributed by atoms with Gasteiger partial charge in [-0.05, 0) is 25.8 Å². The van der Waals surface area contributed by atoms with Gasteiger partial charge in [-0.25, -0.2) is 9.59 Å². The van der Waals surface area contributed by atoms with Gasteiger partial charge in [-0.2, -0.15) is 4.57 Å². The molecule has 1 heterocycles. The van der Waals surface area contributed by atoms with Crippen LogP contribution in [-0.4, -0.2) is 37.2 Å². The first-order valence-corrected chi connectivity index (χ1v) is 9.24. The highest BCUT2D eigenvalue weighted by Gasteiger charge is 2.18. The van der Waals surface area contributed by atoms with Crippen molar-refractivity contribution in [1.29, 1.82) is 0 Å². The maximum Gasteiger partial charge on any atom is 0.412 e. The van der Waals surface area contributed by atoms with E-state index in [2.05, 4.69) is 15.4 Å². The minimum Gasteiger partial charge on any atom is -0.467 e. The van der Waals surface area contributed by atoms with Crippen LogP contribution in [0, 0.1) is 0 Å². The van der Waals surface area contributed by atoms with E-state index in [0.29, 0.717) is 12.0 Å². The van der Waals surface area contributed by atoms with Crippen molar-refractivity contribution in [1.82, 2.24) is 10.6 Å². The van der Waals surface area contributed by atoms with Gasteiger partial charge < -0.3 is 20.1 Å². The van der Waals surface area contributed by atoms with Crippen molar-refractivity contribution in [3.8, 4) is 0 Å². The second kappa shape index (κ2) is 10.8. The van der Waals surface area contributed by atoms with Gasteiger partial charge in [0.15, 0.2) is 12.4 Å². The van der Waals surface area contributed by atoms with Crippen molar-refractivity contribution in [2.24, 2.45) is 0 Å². The predicted octanol–water partition coefficient (Wildman–Crippen LogP) is 1.58. The molecule has 2 aromatic rings. The maximum absolute atomic E-state index is 12.1. The summed E-state index contributed by atoms with van der Waals surface area (Å²) in [6, 6.07) is 12.2. The zero-order valence-corrected chi connectivity index (χ0v) is 16.8. The van der Waals surface area contributed by atoms with Gasteiger partial charge in [-0.3, -0.25) is 4.79 Å². The number of pyridine rings is 1. The summed E-state index contributed by atoms with van der Waals surface area (Å²) >= 11 is 0. The molecule has 2 N–H and O–H groups in total. The van der Waals surface area contributed by atoms with Crippen LogP contribution in [0.4, 0.5) is 4.79 Å². The summed E-state index contributed by atoms with van der Waals surface area (Å²) in [5, 5.41) is 5.32. The Labute approximate surface area is 169 Å². The number of ether oxygens (including phenoxy) is 2. The minimum absolute atomic E-state index is 0.00432. The highest BCUT2D eigenvalue weighted by molar-refractivity contribution is 5.96. The van der Waals surface area contributed by atoms with E-state index < -0.39 is 24.0 Å². The molecule has 0 unspecified atom stereocenters. The molecule has 0 aliphatic carbocycles. The van der Waals surface area contributed by atoms with Gasteiger partial charge in [0.2, 0.25) is 0 Å². The summed E-state index contributed by atoms with van der Waals surface area (Å²) < 4.78 is 11.4. The molecule has 1 aromatic carbocycles. The molecule has 0 aliphatic rings. The molecule has 0 saturated carbocycles. The number of hydrogen-bond donors (Lipinski definition) is 2. The van der Waals surface area contributed by atoms with Gasteiger partial charge in [-0.15, -0.1) is 0 Å². The Hall–Kier alpha value is -3.42. The van der Waals surface area contributed by atoms with E-state index in [-0.39, 0.29) is 12.8 Å². The highest BCUT2D eigenvalue weighted by atomic mass is 16.6. The van der Waals surface area contributed by atoms with Crippen LogP contribution in [0.15, 0.2) is 54.9 Å². The third-order valence-electron chi connectivity index (χ3n) is 4.15. The average molecular weight is 400 g/mol. The van der Waals surface area contributed by atoms with E-state index >= 15 is 0 Å². The molecular weight excluding hydrogens is 374 g/mol. The number of nitrogens with zero attached hydrogens (tertiary/aromatic N) is 1. The quantitative estimate of drug-likeness (QED) is 0.518. The van der Waals surface area contributed by atoms with Crippen LogP contribution in [0.25, 0.3) is 0 Å². The first-order valence-electron chi connectivity index (χ1n) is 9.24. The largest absolute Gasteiger partial charge is 0.467 e. The second-order valence-electron chi connectivity index (χ2n) is 6.62. The zero-order chi connectivity index (χ0) is 21.2. The molecule has 0 saturated heterocycles. The number of benzene rings is 1. The predicted molar refractivity (Wildman–Crippen MR) is 105 cm³/mol. The van der Waals surface area contributed by atoms with Crippen LogP contribution in [0.1, 0.15) is 29.8 Å². The van der Waals surface area contributed by atoms with Crippen LogP contribution in [0.2, 0.25) is 0 Å². The molecule has 8 nitrogen and oxygen atoms in total. The fraction of sp³-hybridized carbons (Fsp3) is 0.333. The molecule has 0 radical (unpaired) electrons. The number of carbonyl (C=O) groups excluding carboxylic acids is 3. The molecule has 0 fully saturated rings. The van der Waals surface area contributed by atoms with Crippen molar-refractivity contribution in [2.75, 3.05) is 7.11 Å². The molecule has 2 atom stereocenters. The number of rotatable bonds is 8. The molecule has 29 heavy (non-hydrogen) atoms. The first kappa shape index (κ1) is 21.9. The number of hydrogen-bond acceptors (Lipinski definition) is 5. The van der Waals surface area contributed by atoms with E-state index in [4.69, 9.17) is 4.74 Å². The molecule has 0 bridgehead atoms. The van der Waals surface area contributed by atoms with Gasteiger partial charge >= 0.3 is 12.1 Å². The van der Waals surface area contributed by atoms with Gasteiger partial charge in [0.1, 0.15) is 6.04 Å². The van der Waals surface area contributed by atoms with E-state index in [1.165, 1.54) is 14.0 Å². The van der Waals surface area contributed by atoms with Crippen molar-refractivity contribution in [3.63, 3.8) is 0 Å². The summed E-state index contributed by atoms with van der Waals surface area (Å²) in [5.74, 6) is -0.923. The van der Waals surface area contributed by atoms with Gasteiger partial charge in [0.05, 0.1) is 12.7 Å². The summed E-state index contributed by atoms with van der Waals surface area (Å²) in [4.78, 5) is 35.4. The Bertz CT molecular complexity index is 824. The molecule has 0 aliphatic heterocycles. The lowest BCUT2D eigenvalue weighted by molar-refractivity contribution is -0.727. The van der Waals surface area contributed by atoms with Gasteiger partial charge in [-0.1, -0.05) is 30.3 Å². The van der Waals surface area contributed by atoms with Gasteiger partial charge in [0, 0.05) is 18.2 Å². The Balaban J connectivity index is 1.78.